The molecule has 2 aromatic heterocycles. The first-order chi connectivity index (χ1) is 10.1. The summed E-state index contributed by atoms with van der Waals surface area (Å²) in [6.45, 7) is 4.48. The predicted molar refractivity (Wildman–Crippen MR) is 84.0 cm³/mol. The average molecular weight is 300 g/mol. The number of nitrogens with zero attached hydrogens (tertiary/aromatic N) is 2. The Kier molecular flexibility index (Phi) is 3.51. The predicted octanol–water partition coefficient (Wildman–Crippen LogP) is 3.39. The third-order valence-corrected chi connectivity index (χ3v) is 4.75. The minimum atomic E-state index is -0.818. The third kappa shape index (κ3) is 2.56. The van der Waals surface area contributed by atoms with Gasteiger partial charge >= 0.3 is 5.97 Å². The summed E-state index contributed by atoms with van der Waals surface area (Å²) in [6.07, 6.45) is 0.0298. The van der Waals surface area contributed by atoms with Crippen LogP contribution in [0.1, 0.15) is 22.5 Å². The van der Waals surface area contributed by atoms with Crippen LogP contribution in [0.4, 0.5) is 0 Å². The van der Waals surface area contributed by atoms with Crippen LogP contribution >= 0.6 is 11.3 Å². The lowest BCUT2D eigenvalue weighted by molar-refractivity contribution is -0.136. The molecule has 0 saturated heterocycles. The summed E-state index contributed by atoms with van der Waals surface area (Å²) in [6, 6.07) is 8.30. The van der Waals surface area contributed by atoms with Crippen LogP contribution < -0.4 is 0 Å². The Labute approximate surface area is 126 Å². The van der Waals surface area contributed by atoms with E-state index in [0.717, 1.165) is 17.0 Å². The molecule has 1 aromatic carbocycles. The molecule has 0 unspecified atom stereocenters. The molecule has 0 spiro atoms. The highest BCUT2D eigenvalue weighted by molar-refractivity contribution is 7.17. The van der Waals surface area contributed by atoms with Gasteiger partial charge in [-0.2, -0.15) is 5.10 Å². The fraction of sp³-hybridized carbons (Fsp3) is 0.250. The van der Waals surface area contributed by atoms with E-state index in [1.54, 1.807) is 11.3 Å². The Morgan fingerprint density at radius 1 is 1.33 bits per heavy atom. The van der Waals surface area contributed by atoms with Crippen LogP contribution in [0.2, 0.25) is 0 Å². The van der Waals surface area contributed by atoms with Gasteiger partial charge in [0.2, 0.25) is 0 Å². The minimum Gasteiger partial charge on any atom is -0.481 e. The maximum absolute atomic E-state index is 10.9. The van der Waals surface area contributed by atoms with E-state index in [1.807, 2.05) is 30.7 Å². The van der Waals surface area contributed by atoms with Gasteiger partial charge in [-0.1, -0.05) is 18.2 Å². The maximum atomic E-state index is 10.9. The summed E-state index contributed by atoms with van der Waals surface area (Å²) in [5.41, 5.74) is 3.78. The van der Waals surface area contributed by atoms with Gasteiger partial charge in [-0.15, -0.1) is 11.3 Å². The fourth-order valence-corrected chi connectivity index (χ4v) is 3.57. The molecule has 0 aliphatic rings. The quantitative estimate of drug-likeness (QED) is 0.803. The lowest BCUT2D eigenvalue weighted by Crippen LogP contribution is -2.05. The standard InChI is InChI=1S/C16H16N2O2S/c1-10-14(7-16(19)20)11(2)18(17-10)8-12-9-21-15-6-4-3-5-13(12)15/h3-6,9H,7-8H2,1-2H3,(H,19,20). The molecule has 0 bridgehead atoms. The minimum absolute atomic E-state index is 0.0298. The highest BCUT2D eigenvalue weighted by Crippen LogP contribution is 2.27. The van der Waals surface area contributed by atoms with Crippen LogP contribution in [0.25, 0.3) is 10.1 Å². The van der Waals surface area contributed by atoms with Crippen molar-refractivity contribution in [1.82, 2.24) is 9.78 Å². The van der Waals surface area contributed by atoms with E-state index >= 15 is 0 Å². The largest absolute Gasteiger partial charge is 0.481 e. The number of carboxylic acid groups (broad SMARTS) is 1. The van der Waals surface area contributed by atoms with E-state index < -0.39 is 5.97 Å². The molecule has 5 heteroatoms. The summed E-state index contributed by atoms with van der Waals surface area (Å²) in [7, 11) is 0. The zero-order chi connectivity index (χ0) is 15.0. The molecule has 4 nitrogen and oxygen atoms in total. The third-order valence-electron chi connectivity index (χ3n) is 3.74. The first-order valence-electron chi connectivity index (χ1n) is 6.76. The smallest absolute Gasteiger partial charge is 0.307 e. The van der Waals surface area contributed by atoms with Gasteiger partial charge in [-0.3, -0.25) is 9.48 Å². The highest BCUT2D eigenvalue weighted by atomic mass is 32.1. The van der Waals surface area contributed by atoms with E-state index in [4.69, 9.17) is 5.11 Å². The van der Waals surface area contributed by atoms with Crippen molar-refractivity contribution < 1.29 is 9.90 Å². The Morgan fingerprint density at radius 3 is 2.86 bits per heavy atom. The van der Waals surface area contributed by atoms with E-state index in [9.17, 15) is 4.79 Å². The summed E-state index contributed by atoms with van der Waals surface area (Å²) in [5.74, 6) is -0.818. The van der Waals surface area contributed by atoms with Gasteiger partial charge < -0.3 is 5.11 Å². The van der Waals surface area contributed by atoms with Gasteiger partial charge in [-0.25, -0.2) is 0 Å². The van der Waals surface area contributed by atoms with Crippen molar-refractivity contribution in [3.8, 4) is 0 Å². The zero-order valence-corrected chi connectivity index (χ0v) is 12.8. The summed E-state index contributed by atoms with van der Waals surface area (Å²) >= 11 is 1.73. The van der Waals surface area contributed by atoms with Crippen molar-refractivity contribution in [2.45, 2.75) is 26.8 Å². The molecular formula is C16H16N2O2S. The number of rotatable bonds is 4. The molecule has 0 atom stereocenters. The van der Waals surface area contributed by atoms with E-state index in [1.165, 1.54) is 15.6 Å². The van der Waals surface area contributed by atoms with E-state index in [2.05, 4.69) is 22.6 Å². The molecule has 0 aliphatic carbocycles. The van der Waals surface area contributed by atoms with Gasteiger partial charge in [0.1, 0.15) is 0 Å². The van der Waals surface area contributed by atoms with Gasteiger partial charge in [0, 0.05) is 16.0 Å². The lowest BCUT2D eigenvalue weighted by Gasteiger charge is -2.04. The molecule has 0 saturated carbocycles. The second-order valence-corrected chi connectivity index (χ2v) is 6.05. The molecule has 0 fully saturated rings. The van der Waals surface area contributed by atoms with E-state index in [-0.39, 0.29) is 6.42 Å². The van der Waals surface area contributed by atoms with Crippen LogP contribution in [-0.4, -0.2) is 20.9 Å². The number of fused-ring (bicyclic) bond motifs is 1. The summed E-state index contributed by atoms with van der Waals surface area (Å²) in [4.78, 5) is 10.9. The average Bonchev–Trinajstić information content (AvgIpc) is 2.96. The summed E-state index contributed by atoms with van der Waals surface area (Å²) in [5, 5.41) is 16.9. The first kappa shape index (κ1) is 13.8. The number of aromatic nitrogens is 2. The molecule has 108 valence electrons. The zero-order valence-electron chi connectivity index (χ0n) is 12.0. The second-order valence-electron chi connectivity index (χ2n) is 5.13. The fourth-order valence-electron chi connectivity index (χ4n) is 2.61. The molecule has 21 heavy (non-hydrogen) atoms. The van der Waals surface area contributed by atoms with Gasteiger partial charge in [0.15, 0.2) is 0 Å². The molecule has 3 rings (SSSR count). The van der Waals surface area contributed by atoms with Crippen molar-refractivity contribution in [1.29, 1.82) is 0 Å². The van der Waals surface area contributed by atoms with E-state index in [0.29, 0.717) is 6.54 Å². The number of aliphatic carboxylic acids is 1. The molecule has 0 radical (unpaired) electrons. The second kappa shape index (κ2) is 5.33. The van der Waals surface area contributed by atoms with Crippen LogP contribution in [0.15, 0.2) is 29.6 Å². The van der Waals surface area contributed by atoms with Crippen LogP contribution in [-0.2, 0) is 17.8 Å². The number of hydrogen-bond acceptors (Lipinski definition) is 3. The van der Waals surface area contributed by atoms with Gasteiger partial charge in [0.25, 0.3) is 0 Å². The molecule has 1 N–H and O–H groups in total. The normalized spacial score (nSPS) is 11.1. The number of benzene rings is 1. The molecule has 0 amide bonds. The number of carboxylic acids is 1. The molecule has 0 aliphatic heterocycles. The van der Waals surface area contributed by atoms with Crippen molar-refractivity contribution in [3.63, 3.8) is 0 Å². The first-order valence-corrected chi connectivity index (χ1v) is 7.64. The molecular weight excluding hydrogens is 284 g/mol. The number of hydrogen-bond donors (Lipinski definition) is 1. The Balaban J connectivity index is 1.97. The Hall–Kier alpha value is -2.14. The monoisotopic (exact) mass is 300 g/mol. The number of aryl methyl sites for hydroxylation is 1. The van der Waals surface area contributed by atoms with Crippen molar-refractivity contribution >= 4 is 27.4 Å². The Bertz CT molecular complexity index is 817. The van der Waals surface area contributed by atoms with Gasteiger partial charge in [-0.05, 0) is 36.2 Å². The van der Waals surface area contributed by atoms with Crippen molar-refractivity contribution in [3.05, 3.63) is 52.2 Å². The van der Waals surface area contributed by atoms with Crippen LogP contribution in [0.3, 0.4) is 0 Å². The van der Waals surface area contributed by atoms with Crippen LogP contribution in [0, 0.1) is 13.8 Å². The van der Waals surface area contributed by atoms with Gasteiger partial charge in [0.05, 0.1) is 18.7 Å². The summed E-state index contributed by atoms with van der Waals surface area (Å²) < 4.78 is 3.17. The molecule has 3 aromatic rings. The van der Waals surface area contributed by atoms with Crippen molar-refractivity contribution in [2.24, 2.45) is 0 Å². The van der Waals surface area contributed by atoms with Crippen LogP contribution in [0.5, 0.6) is 0 Å². The molecule has 2 heterocycles. The SMILES string of the molecule is Cc1nn(Cc2csc3ccccc23)c(C)c1CC(=O)O. The Morgan fingerprint density at radius 2 is 2.10 bits per heavy atom. The van der Waals surface area contributed by atoms with Crippen molar-refractivity contribution in [2.75, 3.05) is 0 Å². The highest BCUT2D eigenvalue weighted by Gasteiger charge is 2.15. The number of thiophene rings is 1. The topological polar surface area (TPSA) is 55.1 Å². The lowest BCUT2D eigenvalue weighted by atomic mass is 10.1. The number of carbonyl (C=O) groups is 1. The maximum Gasteiger partial charge on any atom is 0.307 e.